The molecular formula is C24H25NO3S. The Kier molecular flexibility index (Phi) is 5.41. The van der Waals surface area contributed by atoms with E-state index < -0.39 is 9.84 Å². The Bertz CT molecular complexity index is 1130. The second-order valence-corrected chi connectivity index (χ2v) is 9.80. The Morgan fingerprint density at radius 3 is 2.52 bits per heavy atom. The molecule has 1 fully saturated rings. The van der Waals surface area contributed by atoms with Crippen molar-refractivity contribution < 1.29 is 13.2 Å². The average Bonchev–Trinajstić information content (AvgIpc) is 3.22. The van der Waals surface area contributed by atoms with E-state index in [4.69, 9.17) is 0 Å². The molecule has 0 N–H and O–H groups in total. The van der Waals surface area contributed by atoms with Gasteiger partial charge in [0.1, 0.15) is 0 Å². The van der Waals surface area contributed by atoms with Crippen LogP contribution in [0, 0.1) is 6.92 Å². The summed E-state index contributed by atoms with van der Waals surface area (Å²) in [4.78, 5) is 15.1. The van der Waals surface area contributed by atoms with Gasteiger partial charge in [-0.25, -0.2) is 8.42 Å². The molecule has 1 atom stereocenters. The number of hydrogen-bond donors (Lipinski definition) is 0. The van der Waals surface area contributed by atoms with Gasteiger partial charge in [0.25, 0.3) is 0 Å². The van der Waals surface area contributed by atoms with Crippen molar-refractivity contribution in [2.24, 2.45) is 0 Å². The van der Waals surface area contributed by atoms with E-state index >= 15 is 0 Å². The number of carbonyl (C=O) groups excluding carboxylic acids is 1. The predicted octanol–water partition coefficient (Wildman–Crippen LogP) is 4.68. The summed E-state index contributed by atoms with van der Waals surface area (Å²) in [5.41, 5.74) is 2.16. The normalized spacial score (nSPS) is 17.0. The van der Waals surface area contributed by atoms with Gasteiger partial charge >= 0.3 is 0 Å². The highest BCUT2D eigenvalue weighted by Gasteiger charge is 2.31. The summed E-state index contributed by atoms with van der Waals surface area (Å²) < 4.78 is 25.2. The van der Waals surface area contributed by atoms with Crippen LogP contribution in [-0.2, 0) is 14.6 Å². The van der Waals surface area contributed by atoms with Crippen LogP contribution in [-0.4, -0.2) is 31.5 Å². The first-order valence-electron chi connectivity index (χ1n) is 10.0. The molecule has 29 heavy (non-hydrogen) atoms. The van der Waals surface area contributed by atoms with Crippen molar-refractivity contribution in [1.29, 1.82) is 0 Å². The summed E-state index contributed by atoms with van der Waals surface area (Å²) in [5.74, 6) is -0.246. The monoisotopic (exact) mass is 407 g/mol. The average molecular weight is 408 g/mol. The van der Waals surface area contributed by atoms with E-state index in [1.54, 1.807) is 24.3 Å². The number of aryl methyl sites for hydroxylation is 1. The number of likely N-dealkylation sites (tertiary alicyclic amines) is 1. The van der Waals surface area contributed by atoms with Crippen molar-refractivity contribution in [3.63, 3.8) is 0 Å². The Balaban J connectivity index is 1.51. The molecule has 4 rings (SSSR count). The fraction of sp³-hybridized carbons (Fsp3) is 0.292. The Morgan fingerprint density at radius 2 is 1.72 bits per heavy atom. The van der Waals surface area contributed by atoms with E-state index in [1.807, 2.05) is 30.0 Å². The quantitative estimate of drug-likeness (QED) is 0.617. The molecule has 0 aromatic heterocycles. The molecular weight excluding hydrogens is 382 g/mol. The van der Waals surface area contributed by atoms with E-state index in [-0.39, 0.29) is 29.0 Å². The lowest BCUT2D eigenvalue weighted by Gasteiger charge is -2.26. The third-order valence-electron chi connectivity index (χ3n) is 5.72. The van der Waals surface area contributed by atoms with Crippen molar-refractivity contribution in [3.8, 4) is 0 Å². The first-order chi connectivity index (χ1) is 14.0. The van der Waals surface area contributed by atoms with Gasteiger partial charge in [-0.05, 0) is 48.2 Å². The predicted molar refractivity (Wildman–Crippen MR) is 115 cm³/mol. The second kappa shape index (κ2) is 7.99. The van der Waals surface area contributed by atoms with E-state index in [1.165, 1.54) is 0 Å². The highest BCUT2D eigenvalue weighted by molar-refractivity contribution is 7.91. The standard InChI is InChI=1S/C24H25NO3S/c1-18-11-13-20(14-12-18)29(27,28)17-15-24(26)25-16-5-10-23(25)22-9-4-7-19-6-2-3-8-21(19)22/h2-4,6-9,11-14,23H,5,10,15-17H2,1H3. The van der Waals surface area contributed by atoms with Gasteiger partial charge in [-0.15, -0.1) is 0 Å². The smallest absolute Gasteiger partial charge is 0.224 e. The lowest BCUT2D eigenvalue weighted by atomic mass is 9.97. The van der Waals surface area contributed by atoms with Crippen LogP contribution < -0.4 is 0 Å². The Morgan fingerprint density at radius 1 is 1.00 bits per heavy atom. The van der Waals surface area contributed by atoms with Gasteiger partial charge in [0.2, 0.25) is 5.91 Å². The van der Waals surface area contributed by atoms with Crippen LogP contribution in [0.3, 0.4) is 0 Å². The van der Waals surface area contributed by atoms with Crippen molar-refractivity contribution in [2.45, 2.75) is 37.1 Å². The number of carbonyl (C=O) groups is 1. The molecule has 0 spiro atoms. The molecule has 0 radical (unpaired) electrons. The summed E-state index contributed by atoms with van der Waals surface area (Å²) in [6.45, 7) is 2.60. The van der Waals surface area contributed by atoms with Crippen LogP contribution in [0.4, 0.5) is 0 Å². The van der Waals surface area contributed by atoms with Crippen molar-refractivity contribution >= 4 is 26.5 Å². The fourth-order valence-electron chi connectivity index (χ4n) is 4.16. The van der Waals surface area contributed by atoms with Gasteiger partial charge in [-0.2, -0.15) is 0 Å². The lowest BCUT2D eigenvalue weighted by molar-refractivity contribution is -0.131. The van der Waals surface area contributed by atoms with Crippen LogP contribution in [0.1, 0.15) is 36.4 Å². The lowest BCUT2D eigenvalue weighted by Crippen LogP contribution is -2.32. The molecule has 3 aromatic carbocycles. The highest BCUT2D eigenvalue weighted by Crippen LogP contribution is 2.36. The zero-order valence-corrected chi connectivity index (χ0v) is 17.4. The molecule has 150 valence electrons. The SMILES string of the molecule is Cc1ccc(S(=O)(=O)CCC(=O)N2CCCC2c2cccc3ccccc23)cc1. The molecule has 1 aliphatic heterocycles. The zero-order chi connectivity index (χ0) is 20.4. The molecule has 1 saturated heterocycles. The van der Waals surface area contributed by atoms with Gasteiger partial charge in [0.15, 0.2) is 9.84 Å². The van der Waals surface area contributed by atoms with Crippen molar-refractivity contribution in [1.82, 2.24) is 4.90 Å². The minimum Gasteiger partial charge on any atom is -0.336 e. The van der Waals surface area contributed by atoms with Gasteiger partial charge in [0, 0.05) is 13.0 Å². The van der Waals surface area contributed by atoms with Crippen molar-refractivity contribution in [2.75, 3.05) is 12.3 Å². The maximum Gasteiger partial charge on any atom is 0.224 e. The number of fused-ring (bicyclic) bond motifs is 1. The van der Waals surface area contributed by atoms with Crippen LogP contribution in [0.25, 0.3) is 10.8 Å². The number of benzene rings is 3. The van der Waals surface area contributed by atoms with E-state index in [9.17, 15) is 13.2 Å². The molecule has 1 amide bonds. The summed E-state index contributed by atoms with van der Waals surface area (Å²) in [6.07, 6.45) is 1.85. The van der Waals surface area contributed by atoms with Crippen molar-refractivity contribution in [3.05, 3.63) is 77.9 Å². The van der Waals surface area contributed by atoms with Gasteiger partial charge < -0.3 is 4.90 Å². The highest BCUT2D eigenvalue weighted by atomic mass is 32.2. The maximum atomic E-state index is 13.0. The number of nitrogens with zero attached hydrogens (tertiary/aromatic N) is 1. The molecule has 1 heterocycles. The minimum absolute atomic E-state index is 0.00989. The molecule has 5 heteroatoms. The Labute approximate surface area is 172 Å². The van der Waals surface area contributed by atoms with Gasteiger partial charge in [-0.3, -0.25) is 4.79 Å². The molecule has 1 aliphatic rings. The second-order valence-electron chi connectivity index (χ2n) is 7.70. The van der Waals surface area contributed by atoms with E-state index in [2.05, 4.69) is 24.3 Å². The summed E-state index contributed by atoms with van der Waals surface area (Å²) in [7, 11) is -3.47. The van der Waals surface area contributed by atoms with Gasteiger partial charge in [0.05, 0.1) is 16.7 Å². The van der Waals surface area contributed by atoms with E-state index in [0.29, 0.717) is 6.54 Å². The fourth-order valence-corrected chi connectivity index (χ4v) is 5.39. The first kappa shape index (κ1) is 19.6. The maximum absolute atomic E-state index is 13.0. The summed E-state index contributed by atoms with van der Waals surface area (Å²) >= 11 is 0. The van der Waals surface area contributed by atoms with Gasteiger partial charge in [-0.1, -0.05) is 60.2 Å². The molecule has 0 saturated carbocycles. The van der Waals surface area contributed by atoms with Crippen LogP contribution in [0.15, 0.2) is 71.6 Å². The van der Waals surface area contributed by atoms with Crippen LogP contribution in [0.5, 0.6) is 0 Å². The first-order valence-corrected chi connectivity index (χ1v) is 11.7. The molecule has 0 aliphatic carbocycles. The zero-order valence-electron chi connectivity index (χ0n) is 16.5. The summed E-state index contributed by atoms with van der Waals surface area (Å²) in [6, 6.07) is 21.2. The number of amides is 1. The van der Waals surface area contributed by atoms with E-state index in [0.717, 1.165) is 34.7 Å². The van der Waals surface area contributed by atoms with Crippen LogP contribution in [0.2, 0.25) is 0 Å². The summed E-state index contributed by atoms with van der Waals surface area (Å²) in [5, 5.41) is 2.32. The molecule has 4 nitrogen and oxygen atoms in total. The third kappa shape index (κ3) is 4.06. The molecule has 0 bridgehead atoms. The topological polar surface area (TPSA) is 54.5 Å². The number of hydrogen-bond acceptors (Lipinski definition) is 3. The van der Waals surface area contributed by atoms with Crippen LogP contribution >= 0.6 is 0 Å². The minimum atomic E-state index is -3.47. The number of rotatable bonds is 5. The number of sulfone groups is 1. The molecule has 1 unspecified atom stereocenters. The molecule has 3 aromatic rings. The Hall–Kier alpha value is -2.66. The third-order valence-corrected chi connectivity index (χ3v) is 7.45. The largest absolute Gasteiger partial charge is 0.336 e.